The first-order valence-corrected chi connectivity index (χ1v) is 12.5. The zero-order chi connectivity index (χ0) is 23.5. The Morgan fingerprint density at radius 3 is 2.06 bits per heavy atom. The van der Waals surface area contributed by atoms with Crippen LogP contribution >= 0.6 is 0 Å². The van der Waals surface area contributed by atoms with Gasteiger partial charge in [-0.1, -0.05) is 60.7 Å². The summed E-state index contributed by atoms with van der Waals surface area (Å²) in [5, 5.41) is 2.90. The number of hydrogen-bond acceptors (Lipinski definition) is 4. The maximum Gasteiger partial charge on any atom is 0.241 e. The van der Waals surface area contributed by atoms with Gasteiger partial charge in [0.2, 0.25) is 15.9 Å². The normalized spacial score (nSPS) is 12.2. The topological polar surface area (TPSA) is 84.5 Å². The molecular formula is C26H30N2O4S. The molecule has 3 aromatic rings. The molecule has 0 heterocycles. The fraction of sp³-hybridized carbons (Fsp3) is 0.269. The van der Waals surface area contributed by atoms with Gasteiger partial charge < -0.3 is 10.1 Å². The summed E-state index contributed by atoms with van der Waals surface area (Å²) in [5.74, 6) is 0.221. The van der Waals surface area contributed by atoms with Gasteiger partial charge in [0.25, 0.3) is 0 Å². The molecule has 6 nitrogen and oxygen atoms in total. The molecule has 0 saturated carbocycles. The molecule has 0 fully saturated rings. The summed E-state index contributed by atoms with van der Waals surface area (Å²) in [6.07, 6.45) is 2.94. The van der Waals surface area contributed by atoms with Crippen molar-refractivity contribution in [2.24, 2.45) is 0 Å². The highest BCUT2D eigenvalue weighted by Gasteiger charge is 2.26. The highest BCUT2D eigenvalue weighted by atomic mass is 32.2. The molecule has 0 aliphatic rings. The van der Waals surface area contributed by atoms with Crippen molar-refractivity contribution in [1.82, 2.24) is 10.0 Å². The Hall–Kier alpha value is -3.16. The molecule has 0 radical (unpaired) electrons. The minimum absolute atomic E-state index is 0.0806. The molecule has 0 spiro atoms. The van der Waals surface area contributed by atoms with Crippen molar-refractivity contribution < 1.29 is 17.9 Å². The number of carbonyl (C=O) groups is 1. The minimum Gasteiger partial charge on any atom is -0.497 e. The Kier molecular flexibility index (Phi) is 9.04. The molecule has 1 amide bonds. The van der Waals surface area contributed by atoms with E-state index in [1.807, 2.05) is 48.5 Å². The summed E-state index contributed by atoms with van der Waals surface area (Å²) >= 11 is 0. The van der Waals surface area contributed by atoms with Gasteiger partial charge in [0, 0.05) is 6.54 Å². The molecule has 0 unspecified atom stereocenters. The molecule has 174 valence electrons. The van der Waals surface area contributed by atoms with E-state index in [0.29, 0.717) is 12.3 Å². The van der Waals surface area contributed by atoms with Crippen LogP contribution in [-0.2, 0) is 27.7 Å². The van der Waals surface area contributed by atoms with Gasteiger partial charge in [0.1, 0.15) is 11.8 Å². The number of methoxy groups -OCH3 is 1. The number of nitrogens with one attached hydrogen (secondary N) is 2. The Morgan fingerprint density at radius 2 is 1.45 bits per heavy atom. The van der Waals surface area contributed by atoms with E-state index in [1.54, 1.807) is 12.1 Å². The maximum absolute atomic E-state index is 12.9. The van der Waals surface area contributed by atoms with Crippen molar-refractivity contribution in [3.05, 3.63) is 96.1 Å². The van der Waals surface area contributed by atoms with Crippen LogP contribution in [0.1, 0.15) is 24.0 Å². The molecule has 2 N–H and O–H groups in total. The molecule has 3 aromatic carbocycles. The third-order valence-electron chi connectivity index (χ3n) is 5.30. The van der Waals surface area contributed by atoms with Crippen molar-refractivity contribution in [2.75, 3.05) is 13.7 Å². The largest absolute Gasteiger partial charge is 0.497 e. The molecule has 0 saturated heterocycles. The number of carbonyl (C=O) groups excluding carboxylic acids is 1. The Balaban J connectivity index is 1.62. The Bertz CT molecular complexity index is 1100. The summed E-state index contributed by atoms with van der Waals surface area (Å²) in [6.45, 7) is 0.487. The number of rotatable bonds is 12. The summed E-state index contributed by atoms with van der Waals surface area (Å²) < 4.78 is 33.6. The van der Waals surface area contributed by atoms with Crippen LogP contribution in [0.25, 0.3) is 0 Å². The summed E-state index contributed by atoms with van der Waals surface area (Å²) in [4.78, 5) is 13.0. The fourth-order valence-electron chi connectivity index (χ4n) is 3.48. The average Bonchev–Trinajstić information content (AvgIpc) is 2.84. The lowest BCUT2D eigenvalue weighted by Gasteiger charge is -2.19. The highest BCUT2D eigenvalue weighted by molar-refractivity contribution is 7.89. The number of hydrogen-bond donors (Lipinski definition) is 2. The number of benzene rings is 3. The molecule has 7 heteroatoms. The smallest absolute Gasteiger partial charge is 0.241 e. The summed E-state index contributed by atoms with van der Waals surface area (Å²) in [5.41, 5.74) is 2.14. The third-order valence-corrected chi connectivity index (χ3v) is 6.79. The average molecular weight is 467 g/mol. The first-order chi connectivity index (χ1) is 16.0. The molecule has 1 atom stereocenters. The molecule has 0 aliphatic heterocycles. The quantitative estimate of drug-likeness (QED) is 0.399. The van der Waals surface area contributed by atoms with Crippen LogP contribution in [-0.4, -0.2) is 34.0 Å². The standard InChI is InChI=1S/C26H30N2O4S/c1-32-23-15-17-24(18-16-23)33(30,31)28-25(20-22-13-6-3-7-14-22)26(29)27-19-9-8-12-21-10-4-2-5-11-21/h2-7,10-11,13-18,25,28H,8-9,12,19-20H2,1H3,(H,27,29)/t25-/m0/s1. The van der Waals surface area contributed by atoms with Crippen molar-refractivity contribution in [1.29, 1.82) is 0 Å². The molecule has 33 heavy (non-hydrogen) atoms. The van der Waals surface area contributed by atoms with Crippen LogP contribution in [0.4, 0.5) is 0 Å². The highest BCUT2D eigenvalue weighted by Crippen LogP contribution is 2.16. The zero-order valence-corrected chi connectivity index (χ0v) is 19.6. The lowest BCUT2D eigenvalue weighted by atomic mass is 10.1. The predicted octanol–water partition coefficient (Wildman–Crippen LogP) is 3.72. The van der Waals surface area contributed by atoms with Crippen molar-refractivity contribution in [3.63, 3.8) is 0 Å². The first kappa shape index (κ1) is 24.5. The van der Waals surface area contributed by atoms with E-state index < -0.39 is 16.1 Å². The van der Waals surface area contributed by atoms with E-state index in [-0.39, 0.29) is 17.2 Å². The van der Waals surface area contributed by atoms with Gasteiger partial charge in [-0.25, -0.2) is 8.42 Å². The Labute approximate surface area is 196 Å². The van der Waals surface area contributed by atoms with E-state index in [9.17, 15) is 13.2 Å². The van der Waals surface area contributed by atoms with Crippen LogP contribution in [0.3, 0.4) is 0 Å². The van der Waals surface area contributed by atoms with Crippen LogP contribution in [0, 0.1) is 0 Å². The number of ether oxygens (including phenoxy) is 1. The maximum atomic E-state index is 12.9. The van der Waals surface area contributed by atoms with Gasteiger partial charge >= 0.3 is 0 Å². The second-order valence-corrected chi connectivity index (χ2v) is 9.49. The second kappa shape index (κ2) is 12.2. The monoisotopic (exact) mass is 466 g/mol. The van der Waals surface area contributed by atoms with Crippen LogP contribution < -0.4 is 14.8 Å². The lowest BCUT2D eigenvalue weighted by Crippen LogP contribution is -2.48. The van der Waals surface area contributed by atoms with Crippen molar-refractivity contribution in [2.45, 2.75) is 36.6 Å². The third kappa shape index (κ3) is 7.73. The molecule has 0 aromatic heterocycles. The van der Waals surface area contributed by atoms with Gasteiger partial charge in [-0.3, -0.25) is 4.79 Å². The van der Waals surface area contributed by atoms with Gasteiger partial charge in [-0.15, -0.1) is 0 Å². The Morgan fingerprint density at radius 1 is 0.848 bits per heavy atom. The van der Waals surface area contributed by atoms with E-state index >= 15 is 0 Å². The number of amides is 1. The zero-order valence-electron chi connectivity index (χ0n) is 18.7. The van der Waals surface area contributed by atoms with E-state index in [4.69, 9.17) is 4.74 Å². The van der Waals surface area contributed by atoms with Crippen molar-refractivity contribution in [3.8, 4) is 5.75 Å². The fourth-order valence-corrected chi connectivity index (χ4v) is 4.68. The molecular weight excluding hydrogens is 436 g/mol. The van der Waals surface area contributed by atoms with E-state index in [1.165, 1.54) is 24.8 Å². The van der Waals surface area contributed by atoms with Crippen LogP contribution in [0.15, 0.2) is 89.8 Å². The summed E-state index contributed by atoms with van der Waals surface area (Å²) in [7, 11) is -2.37. The molecule has 0 aliphatic carbocycles. The summed E-state index contributed by atoms with van der Waals surface area (Å²) in [6, 6.07) is 24.7. The SMILES string of the molecule is COc1ccc(S(=O)(=O)N[C@@H](Cc2ccccc2)C(=O)NCCCCc2ccccc2)cc1. The number of aryl methyl sites for hydroxylation is 1. The molecule has 0 bridgehead atoms. The minimum atomic E-state index is -3.89. The van der Waals surface area contributed by atoms with E-state index in [0.717, 1.165) is 24.8 Å². The van der Waals surface area contributed by atoms with Crippen molar-refractivity contribution >= 4 is 15.9 Å². The van der Waals surface area contributed by atoms with Crippen LogP contribution in [0.2, 0.25) is 0 Å². The lowest BCUT2D eigenvalue weighted by molar-refractivity contribution is -0.122. The second-order valence-electron chi connectivity index (χ2n) is 7.77. The van der Waals surface area contributed by atoms with Crippen LogP contribution in [0.5, 0.6) is 5.75 Å². The van der Waals surface area contributed by atoms with Gasteiger partial charge in [0.15, 0.2) is 0 Å². The van der Waals surface area contributed by atoms with Gasteiger partial charge in [-0.05, 0) is 61.1 Å². The van der Waals surface area contributed by atoms with Gasteiger partial charge in [-0.2, -0.15) is 4.72 Å². The van der Waals surface area contributed by atoms with E-state index in [2.05, 4.69) is 22.2 Å². The molecule has 3 rings (SSSR count). The predicted molar refractivity (Wildman–Crippen MR) is 130 cm³/mol. The number of unbranched alkanes of at least 4 members (excludes halogenated alkanes) is 1. The first-order valence-electron chi connectivity index (χ1n) is 11.0. The van der Waals surface area contributed by atoms with Gasteiger partial charge in [0.05, 0.1) is 12.0 Å². The number of sulfonamides is 1.